The predicted molar refractivity (Wildman–Crippen MR) is 111 cm³/mol. The lowest BCUT2D eigenvalue weighted by Crippen LogP contribution is -2.39. The van der Waals surface area contributed by atoms with Gasteiger partial charge in [-0.15, -0.1) is 0 Å². The van der Waals surface area contributed by atoms with Crippen molar-refractivity contribution in [1.82, 2.24) is 0 Å². The number of esters is 1. The summed E-state index contributed by atoms with van der Waals surface area (Å²) in [7, 11) is 7.76. The highest BCUT2D eigenvalue weighted by atomic mass is 16.7. The van der Waals surface area contributed by atoms with Crippen LogP contribution in [0.3, 0.4) is 0 Å². The molecule has 166 valence electrons. The molecule has 2 aromatic rings. The van der Waals surface area contributed by atoms with E-state index in [-0.39, 0.29) is 30.5 Å². The Bertz CT molecular complexity index is 986. The first-order valence-electron chi connectivity index (χ1n) is 9.91. The summed E-state index contributed by atoms with van der Waals surface area (Å²) in [6.07, 6.45) is 0.611. The minimum atomic E-state index is -0.308. The second kappa shape index (κ2) is 8.45. The molecule has 2 aromatic carbocycles. The van der Waals surface area contributed by atoms with Crippen LogP contribution in [0.1, 0.15) is 29.4 Å². The van der Waals surface area contributed by atoms with Gasteiger partial charge in [-0.3, -0.25) is 4.79 Å². The molecular weight excluding hydrogens is 404 g/mol. The van der Waals surface area contributed by atoms with Crippen molar-refractivity contribution in [3.63, 3.8) is 0 Å². The van der Waals surface area contributed by atoms with Crippen molar-refractivity contribution in [3.05, 3.63) is 35.4 Å². The van der Waals surface area contributed by atoms with Crippen molar-refractivity contribution in [2.45, 2.75) is 18.3 Å². The van der Waals surface area contributed by atoms with Crippen molar-refractivity contribution >= 4 is 5.97 Å². The molecule has 0 unspecified atom stereocenters. The summed E-state index contributed by atoms with van der Waals surface area (Å²) >= 11 is 0. The fourth-order valence-electron chi connectivity index (χ4n) is 4.52. The number of carbonyl (C=O) groups is 1. The molecule has 0 bridgehead atoms. The van der Waals surface area contributed by atoms with Gasteiger partial charge in [-0.25, -0.2) is 0 Å². The average Bonchev–Trinajstić information content (AvgIpc) is 3.25. The Balaban J connectivity index is 1.80. The third kappa shape index (κ3) is 3.45. The fraction of sp³-hybridized carbons (Fsp3) is 0.435. The summed E-state index contributed by atoms with van der Waals surface area (Å²) in [4.78, 5) is 12.5. The first kappa shape index (κ1) is 21.0. The van der Waals surface area contributed by atoms with E-state index in [1.807, 2.05) is 18.2 Å². The van der Waals surface area contributed by atoms with Gasteiger partial charge in [0.15, 0.2) is 23.0 Å². The van der Waals surface area contributed by atoms with E-state index >= 15 is 0 Å². The van der Waals surface area contributed by atoms with Crippen LogP contribution in [0.15, 0.2) is 24.3 Å². The van der Waals surface area contributed by atoms with Crippen molar-refractivity contribution in [2.75, 3.05) is 42.3 Å². The van der Waals surface area contributed by atoms with Crippen LogP contribution in [0.5, 0.6) is 34.5 Å². The van der Waals surface area contributed by atoms with E-state index in [0.717, 1.165) is 11.1 Å². The van der Waals surface area contributed by atoms with Crippen LogP contribution < -0.4 is 28.4 Å². The van der Waals surface area contributed by atoms with Gasteiger partial charge in [0, 0.05) is 17.5 Å². The summed E-state index contributed by atoms with van der Waals surface area (Å²) in [5.74, 6) is 2.85. The SMILES string of the molecule is COC(=O)[C@H]1C[C@@H](c2cc(OC)c(OC)cc2OC)[C@@H]1c1cc(OC)c2c(c1)OCO2. The average molecular weight is 430 g/mol. The van der Waals surface area contributed by atoms with Crippen LogP contribution >= 0.6 is 0 Å². The highest BCUT2D eigenvalue weighted by molar-refractivity contribution is 5.76. The molecular formula is C23H26O8. The zero-order chi connectivity index (χ0) is 22.1. The van der Waals surface area contributed by atoms with E-state index in [0.29, 0.717) is 40.9 Å². The Morgan fingerprint density at radius 1 is 0.839 bits per heavy atom. The molecule has 0 spiro atoms. The van der Waals surface area contributed by atoms with E-state index in [9.17, 15) is 4.79 Å². The Hall–Kier alpha value is -3.29. The lowest BCUT2D eigenvalue weighted by atomic mass is 9.59. The standard InChI is InChI=1S/C23H26O8/c1-25-16-10-18(27-3)17(26-2)9-13(16)14-8-15(23(24)29-5)21(14)12-6-19(28-4)22-20(7-12)30-11-31-22/h6-7,9-10,14-15,21H,8,11H2,1-5H3/t14-,15-,21-/m0/s1. The minimum Gasteiger partial charge on any atom is -0.496 e. The summed E-state index contributed by atoms with van der Waals surface area (Å²) in [6.45, 7) is 0.132. The minimum absolute atomic E-state index is 0.0102. The van der Waals surface area contributed by atoms with E-state index in [1.165, 1.54) is 7.11 Å². The van der Waals surface area contributed by atoms with Gasteiger partial charge < -0.3 is 33.2 Å². The molecule has 1 heterocycles. The number of carbonyl (C=O) groups excluding carboxylic acids is 1. The van der Waals surface area contributed by atoms with Gasteiger partial charge >= 0.3 is 5.97 Å². The maximum absolute atomic E-state index is 12.5. The van der Waals surface area contributed by atoms with E-state index in [1.54, 1.807) is 34.5 Å². The zero-order valence-electron chi connectivity index (χ0n) is 18.2. The Morgan fingerprint density at radius 2 is 1.52 bits per heavy atom. The molecule has 1 aliphatic carbocycles. The molecule has 8 heteroatoms. The van der Waals surface area contributed by atoms with Crippen LogP contribution in [0.2, 0.25) is 0 Å². The zero-order valence-corrected chi connectivity index (χ0v) is 18.2. The second-order valence-electron chi connectivity index (χ2n) is 7.40. The molecule has 1 fully saturated rings. The number of ether oxygens (including phenoxy) is 7. The normalized spacial score (nSPS) is 21.1. The van der Waals surface area contributed by atoms with E-state index in [4.69, 9.17) is 33.2 Å². The monoisotopic (exact) mass is 430 g/mol. The maximum Gasteiger partial charge on any atom is 0.309 e. The Morgan fingerprint density at radius 3 is 2.16 bits per heavy atom. The molecule has 1 aliphatic heterocycles. The van der Waals surface area contributed by atoms with Crippen LogP contribution in [0.4, 0.5) is 0 Å². The summed E-state index contributed by atoms with van der Waals surface area (Å²) < 4.78 is 38.3. The van der Waals surface area contributed by atoms with Crippen molar-refractivity contribution in [2.24, 2.45) is 5.92 Å². The van der Waals surface area contributed by atoms with Gasteiger partial charge in [0.25, 0.3) is 0 Å². The lowest BCUT2D eigenvalue weighted by Gasteiger charge is -2.44. The van der Waals surface area contributed by atoms with Crippen molar-refractivity contribution in [3.8, 4) is 34.5 Å². The first-order chi connectivity index (χ1) is 15.1. The summed E-state index contributed by atoms with van der Waals surface area (Å²) in [6, 6.07) is 7.52. The predicted octanol–water partition coefficient (Wildman–Crippen LogP) is 3.51. The van der Waals surface area contributed by atoms with Crippen molar-refractivity contribution < 1.29 is 38.0 Å². The quantitative estimate of drug-likeness (QED) is 0.618. The highest BCUT2D eigenvalue weighted by Crippen LogP contribution is 2.58. The number of rotatable bonds is 7. The molecule has 31 heavy (non-hydrogen) atoms. The third-order valence-electron chi connectivity index (χ3n) is 6.08. The Labute approximate surface area is 180 Å². The molecule has 0 aromatic heterocycles. The largest absolute Gasteiger partial charge is 0.496 e. The smallest absolute Gasteiger partial charge is 0.309 e. The molecule has 1 saturated carbocycles. The van der Waals surface area contributed by atoms with Crippen LogP contribution in [0.25, 0.3) is 0 Å². The van der Waals surface area contributed by atoms with Crippen LogP contribution in [-0.4, -0.2) is 48.3 Å². The number of hydrogen-bond acceptors (Lipinski definition) is 8. The maximum atomic E-state index is 12.5. The van der Waals surface area contributed by atoms with Gasteiger partial charge in [-0.1, -0.05) is 0 Å². The molecule has 0 amide bonds. The molecule has 8 nitrogen and oxygen atoms in total. The number of benzene rings is 2. The molecule has 3 atom stereocenters. The van der Waals surface area contributed by atoms with Crippen molar-refractivity contribution in [1.29, 1.82) is 0 Å². The van der Waals surface area contributed by atoms with Gasteiger partial charge in [-0.05, 0) is 36.1 Å². The molecule has 0 N–H and O–H groups in total. The van der Waals surface area contributed by atoms with E-state index in [2.05, 4.69) is 0 Å². The number of fused-ring (bicyclic) bond motifs is 1. The van der Waals surface area contributed by atoms with Gasteiger partial charge in [-0.2, -0.15) is 0 Å². The number of hydrogen-bond donors (Lipinski definition) is 0. The molecule has 4 rings (SSSR count). The molecule has 2 aliphatic rings. The van der Waals surface area contributed by atoms with Gasteiger partial charge in [0.2, 0.25) is 12.5 Å². The van der Waals surface area contributed by atoms with Crippen LogP contribution in [-0.2, 0) is 9.53 Å². The van der Waals surface area contributed by atoms with Crippen LogP contribution in [0, 0.1) is 5.92 Å². The summed E-state index contributed by atoms with van der Waals surface area (Å²) in [5.41, 5.74) is 1.84. The molecule has 0 radical (unpaired) electrons. The Kier molecular flexibility index (Phi) is 5.71. The lowest BCUT2D eigenvalue weighted by molar-refractivity contribution is -0.150. The fourth-order valence-corrected chi connectivity index (χ4v) is 4.52. The topological polar surface area (TPSA) is 81.7 Å². The van der Waals surface area contributed by atoms with Gasteiger partial charge in [0.05, 0.1) is 41.5 Å². The second-order valence-corrected chi connectivity index (χ2v) is 7.40. The first-order valence-corrected chi connectivity index (χ1v) is 9.91. The summed E-state index contributed by atoms with van der Waals surface area (Å²) in [5, 5.41) is 0. The van der Waals surface area contributed by atoms with E-state index < -0.39 is 0 Å². The van der Waals surface area contributed by atoms with Gasteiger partial charge in [0.1, 0.15) is 5.75 Å². The number of methoxy groups -OCH3 is 5. The highest BCUT2D eigenvalue weighted by Gasteiger charge is 2.49. The third-order valence-corrected chi connectivity index (χ3v) is 6.08. The molecule has 0 saturated heterocycles.